The molecule has 1 aromatic rings. The van der Waals surface area contributed by atoms with Gasteiger partial charge in [0.05, 0.1) is 18.6 Å². The molecule has 0 atom stereocenters. The largest absolute Gasteiger partial charge is 0.416 e. The minimum Gasteiger partial charge on any atom is -0.395 e. The molecule has 1 N–H and O–H groups in total. The number of benzene rings is 1. The van der Waals surface area contributed by atoms with Gasteiger partial charge in [0.25, 0.3) is 0 Å². The highest BCUT2D eigenvalue weighted by molar-refractivity contribution is 5.79. The van der Waals surface area contributed by atoms with Gasteiger partial charge in [-0.15, -0.1) is 0 Å². The molecule has 0 aromatic heterocycles. The van der Waals surface area contributed by atoms with Crippen LogP contribution >= 0.6 is 0 Å². The van der Waals surface area contributed by atoms with Gasteiger partial charge in [-0.3, -0.25) is 4.79 Å². The monoisotopic (exact) mass is 287 g/mol. The Balaban J connectivity index is 2.07. The Morgan fingerprint density at radius 1 is 1.35 bits per heavy atom. The molecule has 0 bridgehead atoms. The van der Waals surface area contributed by atoms with Crippen LogP contribution in [0.5, 0.6) is 0 Å². The Morgan fingerprint density at radius 2 is 2.05 bits per heavy atom. The summed E-state index contributed by atoms with van der Waals surface area (Å²) in [7, 11) is 0. The van der Waals surface area contributed by atoms with E-state index in [-0.39, 0.29) is 31.5 Å². The topological polar surface area (TPSA) is 40.5 Å². The highest BCUT2D eigenvalue weighted by Gasteiger charge is 2.33. The first kappa shape index (κ1) is 14.8. The van der Waals surface area contributed by atoms with E-state index in [9.17, 15) is 18.0 Å². The lowest BCUT2D eigenvalue weighted by molar-refractivity contribution is -0.138. The van der Waals surface area contributed by atoms with Crippen LogP contribution in [0.4, 0.5) is 13.2 Å². The molecule has 1 saturated carbocycles. The van der Waals surface area contributed by atoms with Crippen LogP contribution in [0.1, 0.15) is 24.0 Å². The normalized spacial score (nSPS) is 15.2. The molecule has 0 aliphatic heterocycles. The van der Waals surface area contributed by atoms with E-state index in [0.29, 0.717) is 5.56 Å². The van der Waals surface area contributed by atoms with Crippen molar-refractivity contribution < 1.29 is 23.1 Å². The van der Waals surface area contributed by atoms with Gasteiger partial charge in [-0.25, -0.2) is 0 Å². The van der Waals surface area contributed by atoms with E-state index in [2.05, 4.69) is 0 Å². The van der Waals surface area contributed by atoms with Gasteiger partial charge < -0.3 is 10.0 Å². The molecule has 2 rings (SSSR count). The number of alkyl halides is 3. The molecule has 1 aromatic carbocycles. The van der Waals surface area contributed by atoms with Gasteiger partial charge in [0.2, 0.25) is 5.91 Å². The molecule has 1 amide bonds. The van der Waals surface area contributed by atoms with Crippen molar-refractivity contribution in [2.45, 2.75) is 31.5 Å². The molecular weight excluding hydrogens is 271 g/mol. The number of nitrogens with zero attached hydrogens (tertiary/aromatic N) is 1. The average molecular weight is 287 g/mol. The second-order valence-corrected chi connectivity index (χ2v) is 4.92. The van der Waals surface area contributed by atoms with E-state index in [1.807, 2.05) is 0 Å². The van der Waals surface area contributed by atoms with Gasteiger partial charge in [0.15, 0.2) is 0 Å². The summed E-state index contributed by atoms with van der Waals surface area (Å²) in [5.41, 5.74) is -0.406. The first-order valence-corrected chi connectivity index (χ1v) is 6.48. The summed E-state index contributed by atoms with van der Waals surface area (Å²) in [5, 5.41) is 8.94. The molecule has 6 heteroatoms. The van der Waals surface area contributed by atoms with Crippen molar-refractivity contribution in [3.05, 3.63) is 35.4 Å². The summed E-state index contributed by atoms with van der Waals surface area (Å²) in [5.74, 6) is -0.235. The van der Waals surface area contributed by atoms with Crippen LogP contribution in [0.25, 0.3) is 0 Å². The van der Waals surface area contributed by atoms with Crippen molar-refractivity contribution in [2.75, 3.05) is 13.2 Å². The minimum absolute atomic E-state index is 0.0690. The molecule has 0 radical (unpaired) electrons. The van der Waals surface area contributed by atoms with Crippen LogP contribution in [0.3, 0.4) is 0 Å². The standard InChI is InChI=1S/C14H16F3NO2/c15-14(16,17)11-3-1-2-10(8-11)9-13(20)18(6-7-19)12-4-5-12/h1-3,8,12,19H,4-7,9H2. The summed E-state index contributed by atoms with van der Waals surface area (Å²) in [4.78, 5) is 13.6. The molecule has 1 fully saturated rings. The molecular formula is C14H16F3NO2. The van der Waals surface area contributed by atoms with E-state index < -0.39 is 11.7 Å². The van der Waals surface area contributed by atoms with Gasteiger partial charge in [-0.2, -0.15) is 13.2 Å². The van der Waals surface area contributed by atoms with Crippen LogP contribution in [0, 0.1) is 0 Å². The van der Waals surface area contributed by atoms with Gasteiger partial charge in [-0.05, 0) is 24.5 Å². The fraction of sp³-hybridized carbons (Fsp3) is 0.500. The number of hydrogen-bond acceptors (Lipinski definition) is 2. The van der Waals surface area contributed by atoms with Crippen LogP contribution in [-0.4, -0.2) is 35.1 Å². The lowest BCUT2D eigenvalue weighted by atomic mass is 10.1. The number of rotatable bonds is 5. The maximum atomic E-state index is 12.6. The Morgan fingerprint density at radius 3 is 2.60 bits per heavy atom. The summed E-state index contributed by atoms with van der Waals surface area (Å²) in [6.07, 6.45) is -2.68. The van der Waals surface area contributed by atoms with Crippen molar-refractivity contribution in [3.63, 3.8) is 0 Å². The van der Waals surface area contributed by atoms with Crippen LogP contribution in [-0.2, 0) is 17.4 Å². The molecule has 0 saturated heterocycles. The van der Waals surface area contributed by atoms with Crippen LogP contribution < -0.4 is 0 Å². The lowest BCUT2D eigenvalue weighted by Gasteiger charge is -2.21. The third-order valence-corrected chi connectivity index (χ3v) is 3.26. The quantitative estimate of drug-likeness (QED) is 0.902. The van der Waals surface area contributed by atoms with E-state index >= 15 is 0 Å². The second kappa shape index (κ2) is 5.83. The maximum Gasteiger partial charge on any atom is 0.416 e. The molecule has 1 aliphatic rings. The highest BCUT2D eigenvalue weighted by atomic mass is 19.4. The predicted octanol–water partition coefficient (Wildman–Crippen LogP) is 2.23. The summed E-state index contributed by atoms with van der Waals surface area (Å²) in [6.45, 7) is 0.104. The summed E-state index contributed by atoms with van der Waals surface area (Å²) < 4.78 is 37.8. The molecule has 0 heterocycles. The van der Waals surface area contributed by atoms with Crippen molar-refractivity contribution in [1.82, 2.24) is 4.90 Å². The highest BCUT2D eigenvalue weighted by Crippen LogP contribution is 2.30. The molecule has 3 nitrogen and oxygen atoms in total. The van der Waals surface area contributed by atoms with Crippen molar-refractivity contribution in [1.29, 1.82) is 0 Å². The number of halogens is 3. The number of aliphatic hydroxyl groups excluding tert-OH is 1. The number of amides is 1. The molecule has 0 spiro atoms. The minimum atomic E-state index is -4.40. The Hall–Kier alpha value is -1.56. The predicted molar refractivity (Wildman–Crippen MR) is 67.0 cm³/mol. The number of carbonyl (C=O) groups is 1. The SMILES string of the molecule is O=C(Cc1cccc(C(F)(F)F)c1)N(CCO)C1CC1. The fourth-order valence-corrected chi connectivity index (χ4v) is 2.14. The van der Waals surface area contributed by atoms with Crippen molar-refractivity contribution >= 4 is 5.91 Å². The third-order valence-electron chi connectivity index (χ3n) is 3.26. The van der Waals surface area contributed by atoms with E-state index in [0.717, 1.165) is 25.0 Å². The zero-order valence-electron chi connectivity index (χ0n) is 10.9. The lowest BCUT2D eigenvalue weighted by Crippen LogP contribution is -2.36. The molecule has 20 heavy (non-hydrogen) atoms. The molecule has 0 unspecified atom stereocenters. The second-order valence-electron chi connectivity index (χ2n) is 4.92. The zero-order valence-corrected chi connectivity index (χ0v) is 10.9. The fourth-order valence-electron chi connectivity index (χ4n) is 2.14. The van der Waals surface area contributed by atoms with E-state index in [1.54, 1.807) is 4.90 Å². The van der Waals surface area contributed by atoms with Crippen LogP contribution in [0.2, 0.25) is 0 Å². The molecule has 1 aliphatic carbocycles. The molecule has 110 valence electrons. The average Bonchev–Trinajstić information content (AvgIpc) is 3.19. The first-order valence-electron chi connectivity index (χ1n) is 6.48. The van der Waals surface area contributed by atoms with Crippen LogP contribution in [0.15, 0.2) is 24.3 Å². The first-order chi connectivity index (χ1) is 9.41. The smallest absolute Gasteiger partial charge is 0.395 e. The van der Waals surface area contributed by atoms with E-state index in [1.165, 1.54) is 12.1 Å². The van der Waals surface area contributed by atoms with Gasteiger partial charge in [0, 0.05) is 12.6 Å². The van der Waals surface area contributed by atoms with Crippen molar-refractivity contribution in [3.8, 4) is 0 Å². The number of hydrogen-bond donors (Lipinski definition) is 1. The van der Waals surface area contributed by atoms with Gasteiger partial charge in [-0.1, -0.05) is 18.2 Å². The Kier molecular flexibility index (Phi) is 4.32. The van der Waals surface area contributed by atoms with E-state index in [4.69, 9.17) is 5.11 Å². The van der Waals surface area contributed by atoms with Gasteiger partial charge >= 0.3 is 6.18 Å². The Bertz CT molecular complexity index is 484. The zero-order chi connectivity index (χ0) is 14.8. The number of aliphatic hydroxyl groups is 1. The Labute approximate surface area is 115 Å². The maximum absolute atomic E-state index is 12.6. The summed E-state index contributed by atoms with van der Waals surface area (Å²) >= 11 is 0. The third kappa shape index (κ3) is 3.72. The number of carbonyl (C=O) groups excluding carboxylic acids is 1. The van der Waals surface area contributed by atoms with Crippen molar-refractivity contribution in [2.24, 2.45) is 0 Å². The summed E-state index contributed by atoms with van der Waals surface area (Å²) in [6, 6.07) is 4.94. The van der Waals surface area contributed by atoms with Gasteiger partial charge in [0.1, 0.15) is 0 Å².